The predicted octanol–water partition coefficient (Wildman–Crippen LogP) is 0.911. The highest BCUT2D eigenvalue weighted by Crippen LogP contribution is 2.14. The van der Waals surface area contributed by atoms with Crippen LogP contribution >= 0.6 is 0 Å². The molecule has 108 valence electrons. The molecule has 1 aromatic heterocycles. The Morgan fingerprint density at radius 2 is 2.00 bits per heavy atom. The zero-order chi connectivity index (χ0) is 14.1. The average molecular weight is 269 g/mol. The fourth-order valence-corrected chi connectivity index (χ4v) is 1.34. The number of hydrogen-bond donors (Lipinski definition) is 2. The topological polar surface area (TPSA) is 83.4 Å². The summed E-state index contributed by atoms with van der Waals surface area (Å²) in [5, 5.41) is 12.1. The Labute approximate surface area is 114 Å². The van der Waals surface area contributed by atoms with Gasteiger partial charge >= 0.3 is 6.01 Å². The van der Waals surface area contributed by atoms with E-state index >= 15 is 0 Å². The smallest absolute Gasteiger partial charge is 0.323 e. The highest BCUT2D eigenvalue weighted by Gasteiger charge is 2.10. The Morgan fingerprint density at radius 3 is 2.63 bits per heavy atom. The molecule has 7 heteroatoms. The van der Waals surface area contributed by atoms with Crippen LogP contribution < -0.4 is 15.0 Å². The number of rotatable bonds is 9. The van der Waals surface area contributed by atoms with Crippen LogP contribution in [0.2, 0.25) is 0 Å². The fraction of sp³-hybridized carbons (Fsp3) is 0.750. The van der Waals surface area contributed by atoms with Gasteiger partial charge in [0, 0.05) is 20.1 Å². The summed E-state index contributed by atoms with van der Waals surface area (Å²) in [5.41, 5.74) is 0. The number of nitrogens with zero attached hydrogens (tertiary/aromatic N) is 4. The summed E-state index contributed by atoms with van der Waals surface area (Å²) in [6.07, 6.45) is 1.88. The lowest BCUT2D eigenvalue weighted by molar-refractivity contribution is 0.290. The Morgan fingerprint density at radius 1 is 1.21 bits per heavy atom. The second-order valence-corrected chi connectivity index (χ2v) is 4.16. The van der Waals surface area contributed by atoms with E-state index in [1.54, 1.807) is 4.90 Å². The number of aliphatic hydroxyl groups is 1. The molecule has 0 saturated carbocycles. The van der Waals surface area contributed by atoms with E-state index < -0.39 is 0 Å². The lowest BCUT2D eigenvalue weighted by Gasteiger charge is -2.17. The number of anilines is 2. The number of aromatic nitrogens is 3. The molecule has 0 aliphatic rings. The van der Waals surface area contributed by atoms with Gasteiger partial charge < -0.3 is 20.1 Å². The molecule has 0 amide bonds. The third kappa shape index (κ3) is 5.25. The van der Waals surface area contributed by atoms with Crippen molar-refractivity contribution in [3.63, 3.8) is 0 Å². The maximum absolute atomic E-state index is 8.96. The molecule has 0 aliphatic heterocycles. The molecular formula is C12H23N5O2. The normalized spacial score (nSPS) is 10.3. The first kappa shape index (κ1) is 15.4. The summed E-state index contributed by atoms with van der Waals surface area (Å²) in [7, 11) is 1.82. The SMILES string of the molecule is CCCNc1nc(OCCC)nc(N(C)CCO)n1. The van der Waals surface area contributed by atoms with E-state index in [0.717, 1.165) is 19.4 Å². The van der Waals surface area contributed by atoms with Crippen molar-refractivity contribution in [2.75, 3.05) is 43.6 Å². The minimum Gasteiger partial charge on any atom is -0.463 e. The van der Waals surface area contributed by atoms with E-state index in [1.165, 1.54) is 0 Å². The van der Waals surface area contributed by atoms with Gasteiger partial charge in [-0.15, -0.1) is 0 Å². The Kier molecular flexibility index (Phi) is 6.88. The standard InChI is InChI=1S/C12H23N5O2/c1-4-6-13-10-14-11(17(3)7-8-18)16-12(15-10)19-9-5-2/h18H,4-9H2,1-3H3,(H,13,14,15,16). The Bertz CT molecular complexity index is 349. The monoisotopic (exact) mass is 269 g/mol. The summed E-state index contributed by atoms with van der Waals surface area (Å²) in [6.45, 7) is 5.97. The van der Waals surface area contributed by atoms with E-state index in [4.69, 9.17) is 9.84 Å². The lowest BCUT2D eigenvalue weighted by atomic mass is 10.5. The van der Waals surface area contributed by atoms with Crippen molar-refractivity contribution in [1.82, 2.24) is 15.0 Å². The Balaban J connectivity index is 2.87. The average Bonchev–Trinajstić information content (AvgIpc) is 2.43. The fourth-order valence-electron chi connectivity index (χ4n) is 1.34. The highest BCUT2D eigenvalue weighted by atomic mass is 16.5. The summed E-state index contributed by atoms with van der Waals surface area (Å²) < 4.78 is 5.45. The first-order chi connectivity index (χ1) is 9.21. The van der Waals surface area contributed by atoms with Gasteiger partial charge in [-0.05, 0) is 12.8 Å². The van der Waals surface area contributed by atoms with Crippen molar-refractivity contribution in [1.29, 1.82) is 0 Å². The maximum Gasteiger partial charge on any atom is 0.323 e. The maximum atomic E-state index is 8.96. The van der Waals surface area contributed by atoms with Gasteiger partial charge in [0.2, 0.25) is 11.9 Å². The molecule has 0 fully saturated rings. The van der Waals surface area contributed by atoms with Crippen LogP contribution in [-0.2, 0) is 0 Å². The van der Waals surface area contributed by atoms with Gasteiger partial charge in [-0.1, -0.05) is 13.8 Å². The zero-order valence-corrected chi connectivity index (χ0v) is 11.9. The molecule has 1 aromatic rings. The molecule has 19 heavy (non-hydrogen) atoms. The van der Waals surface area contributed by atoms with E-state index in [2.05, 4.69) is 27.2 Å². The van der Waals surface area contributed by atoms with Crippen molar-refractivity contribution in [2.45, 2.75) is 26.7 Å². The molecule has 0 bridgehead atoms. The van der Waals surface area contributed by atoms with Crippen LogP contribution in [0.25, 0.3) is 0 Å². The molecule has 0 saturated heterocycles. The van der Waals surface area contributed by atoms with E-state index in [-0.39, 0.29) is 6.61 Å². The first-order valence-electron chi connectivity index (χ1n) is 6.66. The molecule has 7 nitrogen and oxygen atoms in total. The van der Waals surface area contributed by atoms with E-state index in [1.807, 2.05) is 14.0 Å². The largest absolute Gasteiger partial charge is 0.463 e. The summed E-state index contributed by atoms with van der Waals surface area (Å²) in [6, 6.07) is 0.315. The van der Waals surface area contributed by atoms with E-state index in [9.17, 15) is 0 Å². The number of hydrogen-bond acceptors (Lipinski definition) is 7. The van der Waals surface area contributed by atoms with Crippen LogP contribution in [0.15, 0.2) is 0 Å². The van der Waals surface area contributed by atoms with Crippen molar-refractivity contribution in [3.8, 4) is 6.01 Å². The third-order valence-corrected chi connectivity index (χ3v) is 2.35. The number of nitrogens with one attached hydrogen (secondary N) is 1. The van der Waals surface area contributed by atoms with Gasteiger partial charge in [0.05, 0.1) is 13.2 Å². The van der Waals surface area contributed by atoms with Gasteiger partial charge in [0.15, 0.2) is 0 Å². The van der Waals surface area contributed by atoms with Gasteiger partial charge in [0.1, 0.15) is 0 Å². The second-order valence-electron chi connectivity index (χ2n) is 4.16. The quantitative estimate of drug-likeness (QED) is 0.689. The Hall–Kier alpha value is -1.63. The number of likely N-dealkylation sites (N-methyl/N-ethyl adjacent to an activating group) is 1. The number of ether oxygens (including phenoxy) is 1. The molecule has 2 N–H and O–H groups in total. The van der Waals surface area contributed by atoms with Crippen LogP contribution in [0.3, 0.4) is 0 Å². The minimum atomic E-state index is 0.0467. The molecule has 0 spiro atoms. The molecule has 0 aliphatic carbocycles. The minimum absolute atomic E-state index is 0.0467. The van der Waals surface area contributed by atoms with Crippen molar-refractivity contribution < 1.29 is 9.84 Å². The molecule has 0 aromatic carbocycles. The summed E-state index contributed by atoms with van der Waals surface area (Å²) in [4.78, 5) is 14.5. The van der Waals surface area contributed by atoms with Crippen LogP contribution in [0.5, 0.6) is 6.01 Å². The highest BCUT2D eigenvalue weighted by molar-refractivity contribution is 5.37. The lowest BCUT2D eigenvalue weighted by Crippen LogP contribution is -2.24. The molecule has 0 radical (unpaired) electrons. The van der Waals surface area contributed by atoms with Crippen LogP contribution in [0, 0.1) is 0 Å². The molecule has 1 heterocycles. The van der Waals surface area contributed by atoms with Crippen LogP contribution in [-0.4, -0.2) is 53.4 Å². The van der Waals surface area contributed by atoms with Crippen molar-refractivity contribution >= 4 is 11.9 Å². The van der Waals surface area contributed by atoms with Gasteiger partial charge in [-0.25, -0.2) is 0 Å². The summed E-state index contributed by atoms with van der Waals surface area (Å²) in [5.74, 6) is 0.997. The van der Waals surface area contributed by atoms with E-state index in [0.29, 0.717) is 31.1 Å². The van der Waals surface area contributed by atoms with Gasteiger partial charge in [-0.2, -0.15) is 15.0 Å². The van der Waals surface area contributed by atoms with Crippen molar-refractivity contribution in [3.05, 3.63) is 0 Å². The third-order valence-electron chi connectivity index (χ3n) is 2.35. The van der Waals surface area contributed by atoms with Gasteiger partial charge in [-0.3, -0.25) is 0 Å². The molecule has 0 atom stereocenters. The molecular weight excluding hydrogens is 246 g/mol. The second kappa shape index (κ2) is 8.47. The first-order valence-corrected chi connectivity index (χ1v) is 6.66. The number of aliphatic hydroxyl groups excluding tert-OH is 1. The zero-order valence-electron chi connectivity index (χ0n) is 11.9. The molecule has 1 rings (SSSR count). The predicted molar refractivity (Wildman–Crippen MR) is 74.7 cm³/mol. The summed E-state index contributed by atoms with van der Waals surface area (Å²) >= 11 is 0. The van der Waals surface area contributed by atoms with Crippen molar-refractivity contribution in [2.24, 2.45) is 0 Å². The molecule has 0 unspecified atom stereocenters. The van der Waals surface area contributed by atoms with Crippen LogP contribution in [0.1, 0.15) is 26.7 Å². The van der Waals surface area contributed by atoms with Crippen LogP contribution in [0.4, 0.5) is 11.9 Å². The van der Waals surface area contributed by atoms with Gasteiger partial charge in [0.25, 0.3) is 0 Å².